The summed E-state index contributed by atoms with van der Waals surface area (Å²) in [7, 11) is -1.61. The first kappa shape index (κ1) is 21.0. The maximum Gasteiger partial charge on any atom is 0.227 e. The van der Waals surface area contributed by atoms with E-state index in [1.165, 1.54) is 16.0 Å². The Morgan fingerprint density at radius 1 is 0.794 bits per heavy atom. The zero-order valence-corrected chi connectivity index (χ0v) is 21.2. The van der Waals surface area contributed by atoms with Gasteiger partial charge in [-0.15, -0.1) is 0 Å². The second kappa shape index (κ2) is 7.47. The standard InChI is InChI=1S/C29H27N3OSi/c1-17(2)28-31-25(22-11-7-10-19-20-12-8-16-30-29(20)33-27(19)22)21-15-14-18-9-6-13-23(34(3,4)5)24(18)26(21)32-28/h6-17H,1-5H3. The zero-order chi connectivity index (χ0) is 23.6. The minimum absolute atomic E-state index is 0.203. The van der Waals surface area contributed by atoms with Crippen LogP contribution >= 0.6 is 0 Å². The molecular weight excluding hydrogens is 434 g/mol. The van der Waals surface area contributed by atoms with Crippen molar-refractivity contribution in [1.82, 2.24) is 15.0 Å². The lowest BCUT2D eigenvalue weighted by Crippen LogP contribution is -2.38. The number of pyridine rings is 1. The minimum atomic E-state index is -1.61. The summed E-state index contributed by atoms with van der Waals surface area (Å²) in [5.74, 6) is 1.06. The molecule has 0 saturated carbocycles. The number of rotatable bonds is 3. The average Bonchev–Trinajstić information content (AvgIpc) is 3.21. The van der Waals surface area contributed by atoms with Gasteiger partial charge in [-0.05, 0) is 29.7 Å². The zero-order valence-electron chi connectivity index (χ0n) is 20.2. The highest BCUT2D eigenvalue weighted by molar-refractivity contribution is 6.90. The molecule has 4 nitrogen and oxygen atoms in total. The van der Waals surface area contributed by atoms with Crippen molar-refractivity contribution in [2.75, 3.05) is 0 Å². The van der Waals surface area contributed by atoms with Gasteiger partial charge >= 0.3 is 0 Å². The molecule has 0 fully saturated rings. The largest absolute Gasteiger partial charge is 0.437 e. The molecule has 0 radical (unpaired) electrons. The molecule has 0 saturated heterocycles. The predicted molar refractivity (Wildman–Crippen MR) is 145 cm³/mol. The number of furan rings is 1. The smallest absolute Gasteiger partial charge is 0.227 e. The molecule has 0 aliphatic carbocycles. The summed E-state index contributed by atoms with van der Waals surface area (Å²) in [5, 5.41) is 7.07. The lowest BCUT2D eigenvalue weighted by Gasteiger charge is -2.21. The van der Waals surface area contributed by atoms with Crippen LogP contribution in [0.15, 0.2) is 71.3 Å². The molecule has 0 aliphatic rings. The Bertz CT molecular complexity index is 1730. The van der Waals surface area contributed by atoms with Gasteiger partial charge in [0.25, 0.3) is 0 Å². The topological polar surface area (TPSA) is 51.8 Å². The molecule has 0 atom stereocenters. The van der Waals surface area contributed by atoms with Crippen LogP contribution in [0.25, 0.3) is 55.0 Å². The quantitative estimate of drug-likeness (QED) is 0.203. The highest BCUT2D eigenvalue weighted by Crippen LogP contribution is 2.38. The average molecular weight is 462 g/mol. The molecule has 0 N–H and O–H groups in total. The van der Waals surface area contributed by atoms with Gasteiger partial charge in [0.1, 0.15) is 11.4 Å². The Balaban J connectivity index is 1.78. The Labute approximate surface area is 199 Å². The number of hydrogen-bond acceptors (Lipinski definition) is 4. The van der Waals surface area contributed by atoms with E-state index in [1.54, 1.807) is 6.20 Å². The Hall–Kier alpha value is -3.57. The molecule has 0 spiro atoms. The van der Waals surface area contributed by atoms with Crippen LogP contribution in [0.1, 0.15) is 25.6 Å². The van der Waals surface area contributed by atoms with Crippen molar-refractivity contribution in [3.8, 4) is 11.3 Å². The molecule has 0 aliphatic heterocycles. The monoisotopic (exact) mass is 461 g/mol. The summed E-state index contributed by atoms with van der Waals surface area (Å²) < 4.78 is 6.29. The van der Waals surface area contributed by atoms with Crippen molar-refractivity contribution in [2.45, 2.75) is 39.4 Å². The van der Waals surface area contributed by atoms with E-state index >= 15 is 0 Å². The summed E-state index contributed by atoms with van der Waals surface area (Å²) in [4.78, 5) is 14.7. The van der Waals surface area contributed by atoms with Crippen molar-refractivity contribution in [1.29, 1.82) is 0 Å². The third kappa shape index (κ3) is 3.15. The third-order valence-electron chi connectivity index (χ3n) is 6.58. The van der Waals surface area contributed by atoms with Crippen molar-refractivity contribution < 1.29 is 4.42 Å². The lowest BCUT2D eigenvalue weighted by molar-refractivity contribution is 0.655. The molecule has 3 heterocycles. The Kier molecular flexibility index (Phi) is 4.61. The van der Waals surface area contributed by atoms with Crippen molar-refractivity contribution >= 4 is 57.0 Å². The molecular formula is C29H27N3OSi. The van der Waals surface area contributed by atoms with Crippen LogP contribution in [0.4, 0.5) is 0 Å². The van der Waals surface area contributed by atoms with Crippen LogP contribution in [0.5, 0.6) is 0 Å². The van der Waals surface area contributed by atoms with Crippen LogP contribution in [-0.4, -0.2) is 23.0 Å². The molecule has 0 bridgehead atoms. The Morgan fingerprint density at radius 2 is 1.59 bits per heavy atom. The normalized spacial score (nSPS) is 12.5. The number of para-hydroxylation sites is 1. The molecule has 6 aromatic rings. The fraction of sp³-hybridized carbons (Fsp3) is 0.207. The fourth-order valence-corrected chi connectivity index (χ4v) is 6.50. The summed E-state index contributed by atoms with van der Waals surface area (Å²) in [5.41, 5.74) is 4.42. The van der Waals surface area contributed by atoms with Crippen LogP contribution in [0.3, 0.4) is 0 Å². The molecule has 34 heavy (non-hydrogen) atoms. The van der Waals surface area contributed by atoms with E-state index in [9.17, 15) is 0 Å². The molecule has 3 aromatic heterocycles. The molecule has 0 unspecified atom stereocenters. The maximum atomic E-state index is 6.29. The van der Waals surface area contributed by atoms with E-state index in [0.717, 1.165) is 44.3 Å². The molecule has 0 amide bonds. The van der Waals surface area contributed by atoms with E-state index in [2.05, 4.69) is 93.1 Å². The summed E-state index contributed by atoms with van der Waals surface area (Å²) >= 11 is 0. The number of fused-ring (bicyclic) bond motifs is 6. The first-order valence-electron chi connectivity index (χ1n) is 11.8. The summed E-state index contributed by atoms with van der Waals surface area (Å²) in [6.45, 7) is 11.5. The van der Waals surface area contributed by atoms with Crippen LogP contribution in [0.2, 0.25) is 19.6 Å². The fourth-order valence-electron chi connectivity index (χ4n) is 4.89. The van der Waals surface area contributed by atoms with Gasteiger partial charge < -0.3 is 4.42 Å². The highest BCUT2D eigenvalue weighted by atomic mass is 28.3. The highest BCUT2D eigenvalue weighted by Gasteiger charge is 2.23. The van der Waals surface area contributed by atoms with Gasteiger partial charge in [0.2, 0.25) is 5.71 Å². The Morgan fingerprint density at radius 3 is 2.38 bits per heavy atom. The van der Waals surface area contributed by atoms with Crippen LogP contribution < -0.4 is 5.19 Å². The lowest BCUT2D eigenvalue weighted by atomic mass is 9.99. The molecule has 6 rings (SSSR count). The second-order valence-electron chi connectivity index (χ2n) is 10.3. The van der Waals surface area contributed by atoms with E-state index in [0.29, 0.717) is 5.71 Å². The molecule has 168 valence electrons. The molecule has 3 aromatic carbocycles. The van der Waals surface area contributed by atoms with Gasteiger partial charge in [-0.25, -0.2) is 15.0 Å². The summed E-state index contributed by atoms with van der Waals surface area (Å²) in [6.07, 6.45) is 1.77. The summed E-state index contributed by atoms with van der Waals surface area (Å²) in [6, 6.07) is 21.3. The van der Waals surface area contributed by atoms with Gasteiger partial charge in [0, 0.05) is 39.2 Å². The second-order valence-corrected chi connectivity index (χ2v) is 15.4. The third-order valence-corrected chi connectivity index (χ3v) is 8.61. The predicted octanol–water partition coefficient (Wildman–Crippen LogP) is 7.41. The van der Waals surface area contributed by atoms with Crippen molar-refractivity contribution in [3.63, 3.8) is 0 Å². The van der Waals surface area contributed by atoms with Gasteiger partial charge in [0.15, 0.2) is 0 Å². The maximum absolute atomic E-state index is 6.29. The molecule has 5 heteroatoms. The van der Waals surface area contributed by atoms with Gasteiger partial charge in [-0.3, -0.25) is 0 Å². The van der Waals surface area contributed by atoms with Crippen LogP contribution in [0, 0.1) is 0 Å². The van der Waals surface area contributed by atoms with E-state index in [1.807, 2.05) is 6.07 Å². The van der Waals surface area contributed by atoms with Crippen LogP contribution in [-0.2, 0) is 0 Å². The van der Waals surface area contributed by atoms with E-state index < -0.39 is 8.07 Å². The minimum Gasteiger partial charge on any atom is -0.437 e. The van der Waals surface area contributed by atoms with Gasteiger partial charge in [-0.1, -0.05) is 75.1 Å². The number of benzene rings is 3. The first-order chi connectivity index (χ1) is 16.3. The van der Waals surface area contributed by atoms with Gasteiger partial charge in [-0.2, -0.15) is 0 Å². The first-order valence-corrected chi connectivity index (χ1v) is 15.3. The SMILES string of the molecule is CC(C)c1nc(-c2cccc3c2oc2ncccc23)c2ccc3cccc([Si](C)(C)C)c3c2n1. The van der Waals surface area contributed by atoms with E-state index in [4.69, 9.17) is 14.4 Å². The van der Waals surface area contributed by atoms with E-state index in [-0.39, 0.29) is 5.92 Å². The number of nitrogens with zero attached hydrogens (tertiary/aromatic N) is 3. The number of hydrogen-bond donors (Lipinski definition) is 0. The van der Waals surface area contributed by atoms with Crippen molar-refractivity contribution in [3.05, 3.63) is 72.7 Å². The number of aromatic nitrogens is 3. The van der Waals surface area contributed by atoms with Gasteiger partial charge in [0.05, 0.1) is 19.3 Å². The van der Waals surface area contributed by atoms with Crippen molar-refractivity contribution in [2.24, 2.45) is 0 Å².